The van der Waals surface area contributed by atoms with Gasteiger partial charge in [-0.05, 0) is 47.1 Å². The molecule has 4 N–H and O–H groups in total. The maximum atomic E-state index is 13.8. The Morgan fingerprint density at radius 2 is 1.56 bits per heavy atom. The second kappa shape index (κ2) is 15.3. The van der Waals surface area contributed by atoms with Crippen molar-refractivity contribution in [3.05, 3.63) is 83.9 Å². The average Bonchev–Trinajstić information content (AvgIpc) is 2.98. The van der Waals surface area contributed by atoms with Crippen LogP contribution in [0.3, 0.4) is 0 Å². The van der Waals surface area contributed by atoms with Gasteiger partial charge in [-0.3, -0.25) is 14.4 Å². The summed E-state index contributed by atoms with van der Waals surface area (Å²) in [6.45, 7) is 8.85. The summed E-state index contributed by atoms with van der Waals surface area (Å²) in [6.07, 6.45) is 4.68. The highest BCUT2D eigenvalue weighted by atomic mass is 16.5. The third-order valence-corrected chi connectivity index (χ3v) is 7.52. The third kappa shape index (κ3) is 9.16. The van der Waals surface area contributed by atoms with Gasteiger partial charge in [-0.2, -0.15) is 0 Å². The Hall–Kier alpha value is -4.17. The largest absolute Gasteiger partial charge is 0.492 e. The van der Waals surface area contributed by atoms with Crippen molar-refractivity contribution in [2.45, 2.75) is 58.7 Å². The van der Waals surface area contributed by atoms with Crippen molar-refractivity contribution in [2.24, 2.45) is 11.8 Å². The van der Waals surface area contributed by atoms with E-state index in [1.807, 2.05) is 82.3 Å². The SMILES string of the molecule is CC(C)C[C@@H]1NC(=O)[C@@H](C(C)C)NC(=O)[C@@H](Cc2ccc3ccccc3c2)NCCOc2ccccc2/C=C/CNC1=O. The lowest BCUT2D eigenvalue weighted by atomic mass is 9.98. The van der Waals surface area contributed by atoms with Gasteiger partial charge in [-0.15, -0.1) is 0 Å². The number of nitrogens with one attached hydrogen (secondary N) is 4. The molecular weight excluding hydrogens is 540 g/mol. The zero-order valence-electron chi connectivity index (χ0n) is 25.6. The molecule has 0 aliphatic carbocycles. The number of hydrogen-bond donors (Lipinski definition) is 4. The highest BCUT2D eigenvalue weighted by Gasteiger charge is 2.31. The van der Waals surface area contributed by atoms with E-state index in [9.17, 15) is 14.4 Å². The molecule has 228 valence electrons. The fourth-order valence-electron chi connectivity index (χ4n) is 5.22. The quantitative estimate of drug-likeness (QED) is 0.359. The lowest BCUT2D eigenvalue weighted by Gasteiger charge is -2.28. The summed E-state index contributed by atoms with van der Waals surface area (Å²) in [5.74, 6) is -0.216. The number of fused-ring (bicyclic) bond motifs is 2. The maximum absolute atomic E-state index is 13.8. The highest BCUT2D eigenvalue weighted by molar-refractivity contribution is 5.93. The third-order valence-electron chi connectivity index (χ3n) is 7.52. The Bertz CT molecular complexity index is 1430. The molecule has 0 bridgehead atoms. The summed E-state index contributed by atoms with van der Waals surface area (Å²) in [7, 11) is 0. The number of carbonyl (C=O) groups excluding carboxylic acids is 3. The lowest BCUT2D eigenvalue weighted by molar-refractivity contribution is -0.133. The molecule has 3 aromatic carbocycles. The Morgan fingerprint density at radius 3 is 2.33 bits per heavy atom. The van der Waals surface area contributed by atoms with Crippen LogP contribution in [0.25, 0.3) is 16.8 Å². The van der Waals surface area contributed by atoms with Crippen molar-refractivity contribution in [1.29, 1.82) is 0 Å². The Labute approximate surface area is 254 Å². The number of rotatable bonds is 5. The van der Waals surface area contributed by atoms with Crippen LogP contribution in [0.15, 0.2) is 72.8 Å². The smallest absolute Gasteiger partial charge is 0.243 e. The Balaban J connectivity index is 1.62. The first-order chi connectivity index (χ1) is 20.7. The number of carbonyl (C=O) groups is 3. The van der Waals surface area contributed by atoms with E-state index < -0.39 is 18.1 Å². The zero-order valence-corrected chi connectivity index (χ0v) is 25.6. The number of benzene rings is 3. The summed E-state index contributed by atoms with van der Waals surface area (Å²) >= 11 is 0. The molecule has 8 nitrogen and oxygen atoms in total. The van der Waals surface area contributed by atoms with Crippen LogP contribution in [0.4, 0.5) is 0 Å². The van der Waals surface area contributed by atoms with Gasteiger partial charge in [-0.25, -0.2) is 0 Å². The van der Waals surface area contributed by atoms with E-state index in [4.69, 9.17) is 4.74 Å². The van der Waals surface area contributed by atoms with Gasteiger partial charge in [0.1, 0.15) is 24.4 Å². The molecule has 1 aliphatic heterocycles. The number of ether oxygens (including phenoxy) is 1. The fourth-order valence-corrected chi connectivity index (χ4v) is 5.22. The molecule has 0 unspecified atom stereocenters. The van der Waals surface area contributed by atoms with Crippen LogP contribution in [0.2, 0.25) is 0 Å². The van der Waals surface area contributed by atoms with Gasteiger partial charge in [0.05, 0.1) is 6.04 Å². The van der Waals surface area contributed by atoms with Crippen LogP contribution < -0.4 is 26.0 Å². The second-order valence-corrected chi connectivity index (χ2v) is 11.8. The molecule has 3 aromatic rings. The van der Waals surface area contributed by atoms with E-state index in [2.05, 4.69) is 45.5 Å². The number of amides is 3. The number of para-hydroxylation sites is 1. The first kappa shape index (κ1) is 31.8. The summed E-state index contributed by atoms with van der Waals surface area (Å²) in [5.41, 5.74) is 1.89. The molecule has 0 aromatic heterocycles. The van der Waals surface area contributed by atoms with Gasteiger partial charge in [-0.1, -0.05) is 101 Å². The molecule has 4 rings (SSSR count). The van der Waals surface area contributed by atoms with Gasteiger partial charge in [0.2, 0.25) is 17.7 Å². The molecule has 1 heterocycles. The van der Waals surface area contributed by atoms with Crippen LogP contribution in [0, 0.1) is 11.8 Å². The second-order valence-electron chi connectivity index (χ2n) is 11.8. The lowest BCUT2D eigenvalue weighted by Crippen LogP contribution is -2.58. The minimum Gasteiger partial charge on any atom is -0.492 e. The molecule has 1 aliphatic rings. The highest BCUT2D eigenvalue weighted by Crippen LogP contribution is 2.20. The van der Waals surface area contributed by atoms with Crippen molar-refractivity contribution < 1.29 is 19.1 Å². The molecule has 0 saturated carbocycles. The van der Waals surface area contributed by atoms with Crippen LogP contribution in [0.1, 0.15) is 45.2 Å². The van der Waals surface area contributed by atoms with Gasteiger partial charge < -0.3 is 26.0 Å². The van der Waals surface area contributed by atoms with E-state index in [1.54, 1.807) is 0 Å². The monoisotopic (exact) mass is 584 g/mol. The topological polar surface area (TPSA) is 109 Å². The van der Waals surface area contributed by atoms with Gasteiger partial charge in [0.15, 0.2) is 0 Å². The normalized spacial score (nSPS) is 21.6. The molecule has 0 spiro atoms. The first-order valence-corrected chi connectivity index (χ1v) is 15.2. The average molecular weight is 585 g/mol. The Morgan fingerprint density at radius 1 is 0.814 bits per heavy atom. The summed E-state index contributed by atoms with van der Waals surface area (Å²) in [5, 5.41) is 14.4. The maximum Gasteiger partial charge on any atom is 0.243 e. The summed E-state index contributed by atoms with van der Waals surface area (Å²) in [4.78, 5) is 40.4. The molecule has 3 atom stereocenters. The van der Waals surface area contributed by atoms with Crippen molar-refractivity contribution in [1.82, 2.24) is 21.3 Å². The van der Waals surface area contributed by atoms with Crippen molar-refractivity contribution in [3.63, 3.8) is 0 Å². The molecule has 3 amide bonds. The predicted molar refractivity (Wildman–Crippen MR) is 172 cm³/mol. The minimum absolute atomic E-state index is 0.177. The molecule has 0 radical (unpaired) electrons. The zero-order chi connectivity index (χ0) is 30.8. The molecule has 8 heteroatoms. The first-order valence-electron chi connectivity index (χ1n) is 15.2. The van der Waals surface area contributed by atoms with Crippen molar-refractivity contribution in [3.8, 4) is 5.75 Å². The van der Waals surface area contributed by atoms with Gasteiger partial charge >= 0.3 is 0 Å². The van der Waals surface area contributed by atoms with Gasteiger partial charge in [0.25, 0.3) is 0 Å². The van der Waals surface area contributed by atoms with Crippen molar-refractivity contribution >= 4 is 34.6 Å². The number of hydrogen-bond acceptors (Lipinski definition) is 5. The fraction of sp³-hybridized carbons (Fsp3) is 0.400. The van der Waals surface area contributed by atoms with Crippen molar-refractivity contribution in [2.75, 3.05) is 19.7 Å². The van der Waals surface area contributed by atoms with E-state index in [-0.39, 0.29) is 29.6 Å². The molecular formula is C35H44N4O4. The van der Waals surface area contributed by atoms with E-state index in [0.717, 1.165) is 21.9 Å². The molecule has 0 fully saturated rings. The molecule has 43 heavy (non-hydrogen) atoms. The van der Waals surface area contributed by atoms with Gasteiger partial charge in [0, 0.05) is 18.7 Å². The van der Waals surface area contributed by atoms with Crippen LogP contribution in [0.5, 0.6) is 5.75 Å². The minimum atomic E-state index is -0.808. The predicted octanol–water partition coefficient (Wildman–Crippen LogP) is 4.23. The summed E-state index contributed by atoms with van der Waals surface area (Å²) < 4.78 is 6.09. The standard InChI is InChI=1S/C35H44N4O4/c1-23(2)20-30-33(40)37-17-9-13-27-11-7-8-14-31(27)43-19-18-36-29(34(41)39-32(24(3)4)35(42)38-30)22-25-15-16-26-10-5-6-12-28(26)21-25/h5-16,21,23-24,29-30,32,36H,17-20,22H2,1-4H3,(H,37,40)(H,38,42)(H,39,41)/b13-9+/t29-,30+,32-/m1/s1. The Kier molecular flexibility index (Phi) is 11.3. The van der Waals surface area contributed by atoms with E-state index in [1.165, 1.54) is 0 Å². The van der Waals surface area contributed by atoms with Crippen LogP contribution in [-0.4, -0.2) is 55.5 Å². The van der Waals surface area contributed by atoms with E-state index >= 15 is 0 Å². The van der Waals surface area contributed by atoms with E-state index in [0.29, 0.717) is 38.3 Å². The summed E-state index contributed by atoms with van der Waals surface area (Å²) in [6, 6.07) is 19.8. The van der Waals surface area contributed by atoms with Crippen LogP contribution in [-0.2, 0) is 20.8 Å². The molecule has 0 saturated heterocycles. The van der Waals surface area contributed by atoms with Crippen LogP contribution >= 0.6 is 0 Å².